The highest BCUT2D eigenvalue weighted by Gasteiger charge is 1.97. The molecule has 2 aromatic rings. The molecule has 50 valence electrons. The number of nitrogens with one attached hydrogen (secondary N) is 1. The van der Waals surface area contributed by atoms with Crippen LogP contribution in [0.2, 0.25) is 0 Å². The minimum Gasteiger partial charge on any atom is -0.276 e. The van der Waals surface area contributed by atoms with E-state index in [1.165, 1.54) is 0 Å². The molecular weight excluding hydrogens is 128 g/mol. The Morgan fingerprint density at radius 3 is 3.10 bits per heavy atom. The maximum Gasteiger partial charge on any atom is 0.0870 e. The second-order valence-corrected chi connectivity index (χ2v) is 2.13. The van der Waals surface area contributed by atoms with Crippen molar-refractivity contribution in [3.05, 3.63) is 18.1 Å². The smallest absolute Gasteiger partial charge is 0.0870 e. The third-order valence-corrected chi connectivity index (χ3v) is 1.45. The highest BCUT2D eigenvalue weighted by molar-refractivity contribution is 5.78. The molecule has 0 spiro atoms. The van der Waals surface area contributed by atoms with Crippen LogP contribution in [0.15, 0.2) is 12.4 Å². The Bertz CT molecular complexity index is 351. The van der Waals surface area contributed by atoms with E-state index in [0.29, 0.717) is 0 Å². The van der Waals surface area contributed by atoms with Crippen LogP contribution in [0.25, 0.3) is 10.9 Å². The van der Waals surface area contributed by atoms with Gasteiger partial charge in [0.1, 0.15) is 0 Å². The molecule has 2 rings (SSSR count). The molecule has 0 unspecified atom stereocenters. The zero-order valence-electron chi connectivity index (χ0n) is 5.50. The summed E-state index contributed by atoms with van der Waals surface area (Å²) in [5.74, 6) is 0. The van der Waals surface area contributed by atoms with Crippen molar-refractivity contribution < 1.29 is 0 Å². The van der Waals surface area contributed by atoms with Gasteiger partial charge in [-0.1, -0.05) is 0 Å². The molecule has 0 saturated carbocycles. The predicted molar refractivity (Wildman–Crippen MR) is 36.4 cm³/mol. The molecule has 0 amide bonds. The normalized spacial score (nSPS) is 10.5. The number of rotatable bonds is 0. The highest BCUT2D eigenvalue weighted by atomic mass is 15.1. The van der Waals surface area contributed by atoms with Gasteiger partial charge in [0.05, 0.1) is 23.6 Å². The van der Waals surface area contributed by atoms with Crippen molar-refractivity contribution in [3.63, 3.8) is 0 Å². The van der Waals surface area contributed by atoms with Gasteiger partial charge in [0.15, 0.2) is 0 Å². The standard InChI is InChI=1S/C6H6N4/c1-4-5-2-7-10-6(5)3-8-9-4/h2-3H,1H3,(H,7,10). The topological polar surface area (TPSA) is 54.5 Å². The van der Waals surface area contributed by atoms with E-state index in [4.69, 9.17) is 0 Å². The van der Waals surface area contributed by atoms with Gasteiger partial charge in [-0.25, -0.2) is 0 Å². The first-order chi connectivity index (χ1) is 4.88. The Morgan fingerprint density at radius 2 is 2.30 bits per heavy atom. The lowest BCUT2D eigenvalue weighted by atomic mass is 10.3. The monoisotopic (exact) mass is 134 g/mol. The summed E-state index contributed by atoms with van der Waals surface area (Å²) in [6, 6.07) is 0. The Labute approximate surface area is 57.3 Å². The lowest BCUT2D eigenvalue weighted by molar-refractivity contribution is 0.999. The number of aryl methyl sites for hydroxylation is 1. The number of aromatic amines is 1. The first kappa shape index (κ1) is 5.34. The Morgan fingerprint density at radius 1 is 1.40 bits per heavy atom. The van der Waals surface area contributed by atoms with Crippen molar-refractivity contribution in [2.75, 3.05) is 0 Å². The van der Waals surface area contributed by atoms with Crippen molar-refractivity contribution in [1.82, 2.24) is 20.4 Å². The van der Waals surface area contributed by atoms with Gasteiger partial charge < -0.3 is 0 Å². The summed E-state index contributed by atoms with van der Waals surface area (Å²) in [5.41, 5.74) is 1.85. The minimum atomic E-state index is 0.909. The first-order valence-electron chi connectivity index (χ1n) is 2.99. The summed E-state index contributed by atoms with van der Waals surface area (Å²) in [5, 5.41) is 15.3. The zero-order valence-corrected chi connectivity index (χ0v) is 5.50. The molecule has 0 fully saturated rings. The van der Waals surface area contributed by atoms with Gasteiger partial charge in [-0.05, 0) is 6.92 Å². The van der Waals surface area contributed by atoms with Crippen LogP contribution in [0.3, 0.4) is 0 Å². The Kier molecular flexibility index (Phi) is 0.943. The van der Waals surface area contributed by atoms with Crippen LogP contribution in [-0.2, 0) is 0 Å². The van der Waals surface area contributed by atoms with Crippen molar-refractivity contribution in [3.8, 4) is 0 Å². The fraction of sp³-hybridized carbons (Fsp3) is 0.167. The maximum atomic E-state index is 3.87. The van der Waals surface area contributed by atoms with Crippen LogP contribution in [0.1, 0.15) is 5.69 Å². The Balaban J connectivity index is 2.95. The maximum absolute atomic E-state index is 3.87. The van der Waals surface area contributed by atoms with E-state index in [-0.39, 0.29) is 0 Å². The summed E-state index contributed by atoms with van der Waals surface area (Å²) in [7, 11) is 0. The summed E-state index contributed by atoms with van der Waals surface area (Å²) < 4.78 is 0. The molecule has 2 heterocycles. The number of fused-ring (bicyclic) bond motifs is 1. The second-order valence-electron chi connectivity index (χ2n) is 2.13. The summed E-state index contributed by atoms with van der Waals surface area (Å²) in [6.45, 7) is 1.91. The number of nitrogens with zero attached hydrogens (tertiary/aromatic N) is 3. The van der Waals surface area contributed by atoms with Crippen molar-refractivity contribution in [2.24, 2.45) is 0 Å². The second kappa shape index (κ2) is 1.76. The lowest BCUT2D eigenvalue weighted by Crippen LogP contribution is -1.84. The molecule has 4 nitrogen and oxygen atoms in total. The van der Waals surface area contributed by atoms with Crippen LogP contribution >= 0.6 is 0 Å². The largest absolute Gasteiger partial charge is 0.276 e. The number of hydrogen-bond acceptors (Lipinski definition) is 3. The van der Waals surface area contributed by atoms with Crippen molar-refractivity contribution >= 4 is 10.9 Å². The molecular formula is C6H6N4. The first-order valence-corrected chi connectivity index (χ1v) is 2.99. The van der Waals surface area contributed by atoms with Crippen LogP contribution in [0.4, 0.5) is 0 Å². The predicted octanol–water partition coefficient (Wildman–Crippen LogP) is 0.661. The van der Waals surface area contributed by atoms with Crippen molar-refractivity contribution in [2.45, 2.75) is 6.92 Å². The number of hydrogen-bond donors (Lipinski definition) is 1. The van der Waals surface area contributed by atoms with Gasteiger partial charge in [-0.3, -0.25) is 5.10 Å². The quantitative estimate of drug-likeness (QED) is 0.575. The molecule has 0 bridgehead atoms. The number of H-pyrrole nitrogens is 1. The third kappa shape index (κ3) is 0.586. The molecule has 0 atom stereocenters. The van der Waals surface area contributed by atoms with E-state index in [1.54, 1.807) is 12.4 Å². The van der Waals surface area contributed by atoms with Gasteiger partial charge in [0.2, 0.25) is 0 Å². The van der Waals surface area contributed by atoms with Crippen LogP contribution in [0.5, 0.6) is 0 Å². The summed E-state index contributed by atoms with van der Waals surface area (Å²) in [6.07, 6.45) is 3.41. The fourth-order valence-electron chi connectivity index (χ4n) is 0.910. The highest BCUT2D eigenvalue weighted by Crippen LogP contribution is 2.09. The zero-order chi connectivity index (χ0) is 6.97. The SMILES string of the molecule is Cc1nncc2[nH]ncc12. The molecule has 0 radical (unpaired) electrons. The van der Waals surface area contributed by atoms with E-state index in [2.05, 4.69) is 20.4 Å². The average molecular weight is 134 g/mol. The lowest BCUT2D eigenvalue weighted by Gasteiger charge is -1.88. The third-order valence-electron chi connectivity index (χ3n) is 1.45. The van der Waals surface area contributed by atoms with Crippen molar-refractivity contribution in [1.29, 1.82) is 0 Å². The van der Waals surface area contributed by atoms with Crippen LogP contribution in [-0.4, -0.2) is 20.4 Å². The molecule has 10 heavy (non-hydrogen) atoms. The summed E-state index contributed by atoms with van der Waals surface area (Å²) >= 11 is 0. The van der Waals surface area contributed by atoms with Gasteiger partial charge in [-0.2, -0.15) is 15.3 Å². The van der Waals surface area contributed by atoms with E-state index in [9.17, 15) is 0 Å². The molecule has 0 aliphatic rings. The molecule has 0 saturated heterocycles. The van der Waals surface area contributed by atoms with Gasteiger partial charge in [0, 0.05) is 5.39 Å². The van der Waals surface area contributed by atoms with E-state index < -0.39 is 0 Å². The van der Waals surface area contributed by atoms with E-state index >= 15 is 0 Å². The van der Waals surface area contributed by atoms with Gasteiger partial charge in [0.25, 0.3) is 0 Å². The number of aromatic nitrogens is 4. The van der Waals surface area contributed by atoms with Gasteiger partial charge in [-0.15, -0.1) is 0 Å². The molecule has 0 aliphatic heterocycles. The molecule has 2 aromatic heterocycles. The van der Waals surface area contributed by atoms with Crippen LogP contribution in [0, 0.1) is 6.92 Å². The average Bonchev–Trinajstić information content (AvgIpc) is 2.36. The fourth-order valence-corrected chi connectivity index (χ4v) is 0.910. The van der Waals surface area contributed by atoms with Crippen LogP contribution < -0.4 is 0 Å². The Hall–Kier alpha value is -1.45. The minimum absolute atomic E-state index is 0.909. The van der Waals surface area contributed by atoms with Gasteiger partial charge >= 0.3 is 0 Å². The van der Waals surface area contributed by atoms with E-state index in [0.717, 1.165) is 16.6 Å². The summed E-state index contributed by atoms with van der Waals surface area (Å²) in [4.78, 5) is 0. The molecule has 4 heteroatoms. The van der Waals surface area contributed by atoms with E-state index in [1.807, 2.05) is 6.92 Å². The molecule has 1 N–H and O–H groups in total. The molecule has 0 aliphatic carbocycles. The molecule has 0 aromatic carbocycles.